The molecule has 0 spiro atoms. The molecule has 0 aliphatic carbocycles. The summed E-state index contributed by atoms with van der Waals surface area (Å²) in [5, 5.41) is 18.2. The van der Waals surface area contributed by atoms with Crippen molar-refractivity contribution in [3.05, 3.63) is 108 Å². The molecule has 0 aliphatic rings. The lowest BCUT2D eigenvalue weighted by molar-refractivity contribution is -0.137. The Hall–Kier alpha value is -5.25. The number of carboxylic acid groups (broad SMARTS) is 1. The van der Waals surface area contributed by atoms with E-state index in [4.69, 9.17) is 9.84 Å². The quantitative estimate of drug-likeness (QED) is 0.171. The Labute approximate surface area is 243 Å². The van der Waals surface area contributed by atoms with Crippen LogP contribution in [0.5, 0.6) is 0 Å². The Morgan fingerprint density at radius 1 is 0.857 bits per heavy atom. The van der Waals surface area contributed by atoms with Gasteiger partial charge in [0.25, 0.3) is 5.91 Å². The number of nitrogens with one attached hydrogen (secondary N) is 3. The molecule has 1 atom stereocenters. The molecule has 0 fully saturated rings. The van der Waals surface area contributed by atoms with Crippen LogP contribution in [0.4, 0.5) is 10.5 Å². The topological polar surface area (TPSA) is 147 Å². The number of benzene rings is 3. The van der Waals surface area contributed by atoms with Gasteiger partial charge in [-0.15, -0.1) is 0 Å². The van der Waals surface area contributed by atoms with Gasteiger partial charge < -0.3 is 25.8 Å². The molecule has 3 aromatic carbocycles. The number of aromatic nitrogens is 1. The number of hydrogen-bond acceptors (Lipinski definition) is 6. The van der Waals surface area contributed by atoms with E-state index < -0.39 is 29.9 Å². The van der Waals surface area contributed by atoms with E-state index in [0.717, 1.165) is 10.9 Å². The number of para-hydroxylation sites is 2. The van der Waals surface area contributed by atoms with Crippen LogP contribution in [0.1, 0.15) is 40.9 Å². The van der Waals surface area contributed by atoms with E-state index in [1.54, 1.807) is 42.5 Å². The molecule has 216 valence electrons. The van der Waals surface area contributed by atoms with Crippen LogP contribution in [-0.4, -0.2) is 46.6 Å². The van der Waals surface area contributed by atoms with Gasteiger partial charge in [-0.05, 0) is 48.6 Å². The van der Waals surface area contributed by atoms with Crippen molar-refractivity contribution >= 4 is 40.5 Å². The van der Waals surface area contributed by atoms with Crippen molar-refractivity contribution in [2.45, 2.75) is 38.3 Å². The number of amides is 3. The predicted octanol–water partition coefficient (Wildman–Crippen LogP) is 4.70. The number of fused-ring (bicyclic) bond motifs is 1. The second kappa shape index (κ2) is 14.9. The number of carboxylic acids is 1. The molecule has 1 aromatic heterocycles. The molecule has 0 aliphatic heterocycles. The lowest BCUT2D eigenvalue weighted by Gasteiger charge is -2.20. The Morgan fingerprint density at radius 3 is 2.40 bits per heavy atom. The first-order valence-corrected chi connectivity index (χ1v) is 13.6. The van der Waals surface area contributed by atoms with E-state index in [1.807, 2.05) is 48.5 Å². The Kier molecular flexibility index (Phi) is 10.6. The maximum absolute atomic E-state index is 13.4. The minimum Gasteiger partial charge on any atom is -0.481 e. The number of pyridine rings is 1. The maximum atomic E-state index is 13.4. The number of aliphatic carboxylic acids is 1. The molecular formula is C32H32N4O6. The van der Waals surface area contributed by atoms with Gasteiger partial charge in [0.15, 0.2) is 0 Å². The van der Waals surface area contributed by atoms with Crippen molar-refractivity contribution in [3.8, 4) is 0 Å². The minimum atomic E-state index is -0.958. The first kappa shape index (κ1) is 29.7. The van der Waals surface area contributed by atoms with E-state index in [-0.39, 0.29) is 38.1 Å². The summed E-state index contributed by atoms with van der Waals surface area (Å²) in [6.45, 7) is 0.352. The molecule has 42 heavy (non-hydrogen) atoms. The monoisotopic (exact) mass is 568 g/mol. The van der Waals surface area contributed by atoms with E-state index >= 15 is 0 Å². The number of alkyl carbamates (subject to hydrolysis) is 1. The Bertz CT molecular complexity index is 1540. The highest BCUT2D eigenvalue weighted by Gasteiger charge is 2.23. The summed E-state index contributed by atoms with van der Waals surface area (Å²) in [6, 6.07) is 26.0. The molecular weight excluding hydrogens is 536 g/mol. The van der Waals surface area contributed by atoms with E-state index in [0.29, 0.717) is 23.2 Å². The molecule has 10 heteroatoms. The first-order valence-electron chi connectivity index (χ1n) is 13.6. The fourth-order valence-electron chi connectivity index (χ4n) is 4.29. The van der Waals surface area contributed by atoms with Gasteiger partial charge in [0.1, 0.15) is 18.3 Å². The summed E-state index contributed by atoms with van der Waals surface area (Å²) in [4.78, 5) is 54.2. The smallest absolute Gasteiger partial charge is 0.407 e. The molecule has 0 radical (unpaired) electrons. The fraction of sp³-hybridized carbons (Fsp3) is 0.219. The van der Waals surface area contributed by atoms with Gasteiger partial charge in [0, 0.05) is 24.0 Å². The van der Waals surface area contributed by atoms with Crippen LogP contribution in [0.25, 0.3) is 10.9 Å². The number of nitrogens with zero attached hydrogens (tertiary/aromatic N) is 1. The molecule has 4 aromatic rings. The van der Waals surface area contributed by atoms with Gasteiger partial charge in [-0.3, -0.25) is 14.4 Å². The van der Waals surface area contributed by atoms with Crippen LogP contribution in [0, 0.1) is 0 Å². The van der Waals surface area contributed by atoms with E-state index in [9.17, 15) is 19.2 Å². The highest BCUT2D eigenvalue weighted by Crippen LogP contribution is 2.18. The normalized spacial score (nSPS) is 11.3. The maximum Gasteiger partial charge on any atom is 0.407 e. The first-order chi connectivity index (χ1) is 20.4. The van der Waals surface area contributed by atoms with Crippen molar-refractivity contribution in [3.63, 3.8) is 0 Å². The van der Waals surface area contributed by atoms with Gasteiger partial charge in [-0.2, -0.15) is 0 Å². The van der Waals surface area contributed by atoms with E-state index in [2.05, 4.69) is 20.9 Å². The number of carbonyl (C=O) groups is 4. The summed E-state index contributed by atoms with van der Waals surface area (Å²) in [5.74, 6) is -1.94. The summed E-state index contributed by atoms with van der Waals surface area (Å²) >= 11 is 0. The largest absolute Gasteiger partial charge is 0.481 e. The summed E-state index contributed by atoms with van der Waals surface area (Å²) in [5.41, 5.74) is 2.80. The number of ether oxygens (including phenoxy) is 1. The van der Waals surface area contributed by atoms with E-state index in [1.165, 1.54) is 0 Å². The highest BCUT2D eigenvalue weighted by atomic mass is 16.5. The van der Waals surface area contributed by atoms with Crippen LogP contribution in [0.3, 0.4) is 0 Å². The molecule has 0 bridgehead atoms. The number of carbonyl (C=O) groups excluding carboxylic acids is 3. The zero-order valence-corrected chi connectivity index (χ0v) is 22.9. The third-order valence-corrected chi connectivity index (χ3v) is 6.49. The number of anilines is 1. The Balaban J connectivity index is 1.40. The number of aryl methyl sites for hydroxylation is 1. The SMILES string of the molecule is O=C(O)CCc1ccccc1NC(=O)[C@H](CCCNC(=O)OCc1ccccc1)NC(=O)c1ccc2ccccc2n1. The van der Waals surface area contributed by atoms with Crippen molar-refractivity contribution in [1.29, 1.82) is 0 Å². The average Bonchev–Trinajstić information content (AvgIpc) is 3.01. The molecule has 10 nitrogen and oxygen atoms in total. The zero-order chi connectivity index (χ0) is 29.7. The third kappa shape index (κ3) is 8.88. The number of hydrogen-bond donors (Lipinski definition) is 4. The molecule has 4 N–H and O–H groups in total. The highest BCUT2D eigenvalue weighted by molar-refractivity contribution is 6.01. The van der Waals surface area contributed by atoms with Gasteiger partial charge in [0.05, 0.1) is 5.52 Å². The molecule has 0 saturated heterocycles. The van der Waals surface area contributed by atoms with Crippen molar-refractivity contribution in [1.82, 2.24) is 15.6 Å². The third-order valence-electron chi connectivity index (χ3n) is 6.49. The van der Waals surface area contributed by atoms with Crippen LogP contribution in [0.2, 0.25) is 0 Å². The van der Waals surface area contributed by atoms with Crippen molar-refractivity contribution < 1.29 is 29.0 Å². The minimum absolute atomic E-state index is 0.0906. The molecule has 4 rings (SSSR count). The van der Waals surface area contributed by atoms with Crippen molar-refractivity contribution in [2.75, 3.05) is 11.9 Å². The van der Waals surface area contributed by atoms with Gasteiger partial charge >= 0.3 is 12.1 Å². The summed E-state index contributed by atoms with van der Waals surface area (Å²) in [6.07, 6.45) is 0.133. The predicted molar refractivity (Wildman–Crippen MR) is 158 cm³/mol. The number of rotatable bonds is 13. The lowest BCUT2D eigenvalue weighted by atomic mass is 10.1. The van der Waals surface area contributed by atoms with Crippen molar-refractivity contribution in [2.24, 2.45) is 0 Å². The van der Waals surface area contributed by atoms with Gasteiger partial charge in [0.2, 0.25) is 5.91 Å². The molecule has 0 saturated carbocycles. The molecule has 3 amide bonds. The van der Waals surface area contributed by atoms with Gasteiger partial charge in [-0.1, -0.05) is 72.8 Å². The average molecular weight is 569 g/mol. The van der Waals surface area contributed by atoms with Crippen LogP contribution in [0.15, 0.2) is 91.0 Å². The molecule has 1 heterocycles. The van der Waals surface area contributed by atoms with Crippen LogP contribution >= 0.6 is 0 Å². The zero-order valence-electron chi connectivity index (χ0n) is 22.9. The lowest BCUT2D eigenvalue weighted by Crippen LogP contribution is -2.44. The van der Waals surface area contributed by atoms with Crippen LogP contribution < -0.4 is 16.0 Å². The molecule has 0 unspecified atom stereocenters. The fourth-order valence-corrected chi connectivity index (χ4v) is 4.29. The second-order valence-electron chi connectivity index (χ2n) is 9.59. The standard InChI is InChI=1S/C32H32N4O6/c37-29(38)19-17-24-12-5-7-14-26(24)35-30(39)27(15-8-20-33-32(41)42-21-22-9-2-1-3-10-22)36-31(40)28-18-16-23-11-4-6-13-25(23)34-28/h1-7,9-14,16,18,27H,8,15,17,19-21H2,(H,33,41)(H,35,39)(H,36,40)(H,37,38)/t27-/m0/s1. The summed E-state index contributed by atoms with van der Waals surface area (Å²) < 4.78 is 5.22. The Morgan fingerprint density at radius 2 is 1.60 bits per heavy atom. The van der Waals surface area contributed by atoms with Crippen LogP contribution in [-0.2, 0) is 27.4 Å². The summed E-state index contributed by atoms with van der Waals surface area (Å²) in [7, 11) is 0. The van der Waals surface area contributed by atoms with Gasteiger partial charge in [-0.25, -0.2) is 9.78 Å². The second-order valence-corrected chi connectivity index (χ2v) is 9.59.